The summed E-state index contributed by atoms with van der Waals surface area (Å²) in [4.78, 5) is 10.8. The van der Waals surface area contributed by atoms with E-state index in [1.54, 1.807) is 6.07 Å². The number of nitro benzene ring substituents is 1. The van der Waals surface area contributed by atoms with Crippen LogP contribution >= 0.6 is 0 Å². The molecule has 0 amide bonds. The highest BCUT2D eigenvalue weighted by Gasteiger charge is 2.13. The summed E-state index contributed by atoms with van der Waals surface area (Å²) in [5, 5.41) is 10.8. The van der Waals surface area contributed by atoms with E-state index in [9.17, 15) is 18.7 Å². The summed E-state index contributed by atoms with van der Waals surface area (Å²) in [6, 6.07) is 9.55. The minimum atomic E-state index is -1.42. The van der Waals surface area contributed by atoms with Crippen molar-refractivity contribution >= 4 is 16.5 Å². The Labute approximate surface area is 123 Å². The molecule has 0 saturated carbocycles. The lowest BCUT2D eigenvalue weighted by atomic mass is 10.2. The Bertz CT molecular complexity index is 688. The monoisotopic (exact) mass is 309 g/mol. The van der Waals surface area contributed by atoms with Gasteiger partial charge in [0, 0.05) is 11.0 Å². The predicted octanol–water partition coefficient (Wildman–Crippen LogP) is 3.05. The van der Waals surface area contributed by atoms with Crippen LogP contribution in [-0.2, 0) is 16.6 Å². The fraction of sp³-hybridized carbons (Fsp3) is 0.143. The van der Waals surface area contributed by atoms with E-state index in [0.29, 0.717) is 16.2 Å². The standard InChI is InChI=1S/C14H12FNO4S/c1-20-13-7-10(6-12(8-13)16(17)18)9-21(19)14-4-2-11(15)3-5-14/h2-8H,9H2,1H3. The van der Waals surface area contributed by atoms with Gasteiger partial charge in [-0.25, -0.2) is 4.39 Å². The second-order valence-electron chi connectivity index (χ2n) is 4.24. The summed E-state index contributed by atoms with van der Waals surface area (Å²) < 4.78 is 30.0. The van der Waals surface area contributed by atoms with Crippen LogP contribution in [0.1, 0.15) is 5.56 Å². The van der Waals surface area contributed by atoms with E-state index in [1.165, 1.54) is 43.5 Å². The molecule has 0 aliphatic rings. The highest BCUT2D eigenvalue weighted by atomic mass is 32.2. The lowest BCUT2D eigenvalue weighted by Crippen LogP contribution is -1.99. The fourth-order valence-corrected chi connectivity index (χ4v) is 2.85. The highest BCUT2D eigenvalue weighted by Crippen LogP contribution is 2.24. The zero-order chi connectivity index (χ0) is 15.4. The van der Waals surface area contributed by atoms with Crippen molar-refractivity contribution in [3.8, 4) is 5.75 Å². The number of hydrogen-bond donors (Lipinski definition) is 0. The molecule has 2 aromatic carbocycles. The van der Waals surface area contributed by atoms with Gasteiger partial charge < -0.3 is 4.74 Å². The third-order valence-electron chi connectivity index (χ3n) is 2.77. The third-order valence-corrected chi connectivity index (χ3v) is 4.17. The number of nitrogens with zero attached hydrogens (tertiary/aromatic N) is 1. The van der Waals surface area contributed by atoms with Crippen molar-refractivity contribution in [2.75, 3.05) is 7.11 Å². The van der Waals surface area contributed by atoms with Crippen LogP contribution < -0.4 is 4.74 Å². The molecule has 0 saturated heterocycles. The summed E-state index contributed by atoms with van der Waals surface area (Å²) in [7, 11) is -0.0167. The van der Waals surface area contributed by atoms with Gasteiger partial charge in [-0.15, -0.1) is 0 Å². The maximum atomic E-state index is 12.8. The largest absolute Gasteiger partial charge is 0.496 e. The summed E-state index contributed by atoms with van der Waals surface area (Å²) in [5.41, 5.74) is 0.393. The van der Waals surface area contributed by atoms with Crippen molar-refractivity contribution in [3.63, 3.8) is 0 Å². The number of hydrogen-bond acceptors (Lipinski definition) is 4. The molecule has 1 unspecified atom stereocenters. The van der Waals surface area contributed by atoms with E-state index in [-0.39, 0.29) is 11.4 Å². The smallest absolute Gasteiger partial charge is 0.273 e. The molecule has 21 heavy (non-hydrogen) atoms. The Morgan fingerprint density at radius 1 is 1.24 bits per heavy atom. The molecule has 110 valence electrons. The van der Waals surface area contributed by atoms with Crippen LogP contribution in [0, 0.1) is 15.9 Å². The first kappa shape index (κ1) is 15.1. The van der Waals surface area contributed by atoms with Crippen molar-refractivity contribution < 1.29 is 18.3 Å². The van der Waals surface area contributed by atoms with Gasteiger partial charge in [0.25, 0.3) is 5.69 Å². The molecule has 2 aromatic rings. The zero-order valence-corrected chi connectivity index (χ0v) is 11.9. The Kier molecular flexibility index (Phi) is 4.64. The molecule has 0 aliphatic carbocycles. The van der Waals surface area contributed by atoms with E-state index >= 15 is 0 Å². The van der Waals surface area contributed by atoms with E-state index in [2.05, 4.69) is 0 Å². The molecule has 1 atom stereocenters. The lowest BCUT2D eigenvalue weighted by Gasteiger charge is -2.06. The van der Waals surface area contributed by atoms with Crippen molar-refractivity contribution in [2.24, 2.45) is 0 Å². The topological polar surface area (TPSA) is 69.4 Å². The Morgan fingerprint density at radius 3 is 2.48 bits per heavy atom. The molecule has 7 heteroatoms. The van der Waals surface area contributed by atoms with E-state index in [1.807, 2.05) is 0 Å². The zero-order valence-electron chi connectivity index (χ0n) is 11.1. The normalized spacial score (nSPS) is 11.9. The number of benzene rings is 2. The molecule has 0 aromatic heterocycles. The molecule has 0 fully saturated rings. The van der Waals surface area contributed by atoms with Crippen molar-refractivity contribution in [1.82, 2.24) is 0 Å². The van der Waals surface area contributed by atoms with Crippen molar-refractivity contribution in [3.05, 3.63) is 64.0 Å². The maximum Gasteiger partial charge on any atom is 0.273 e. The van der Waals surface area contributed by atoms with Crippen LogP contribution in [-0.4, -0.2) is 16.2 Å². The van der Waals surface area contributed by atoms with Gasteiger partial charge in [0.15, 0.2) is 0 Å². The molecule has 5 nitrogen and oxygen atoms in total. The molecule has 0 N–H and O–H groups in total. The minimum Gasteiger partial charge on any atom is -0.496 e. The SMILES string of the molecule is COc1cc(CS(=O)c2ccc(F)cc2)cc([N+](=O)[O-])c1. The van der Waals surface area contributed by atoms with Gasteiger partial charge in [0.2, 0.25) is 0 Å². The number of rotatable bonds is 5. The number of nitro groups is 1. The van der Waals surface area contributed by atoms with Gasteiger partial charge in [-0.05, 0) is 35.9 Å². The molecular weight excluding hydrogens is 297 g/mol. The first-order chi connectivity index (χ1) is 9.99. The van der Waals surface area contributed by atoms with Gasteiger partial charge in [-0.1, -0.05) is 0 Å². The molecule has 0 radical (unpaired) electrons. The molecule has 0 aliphatic heterocycles. The summed E-state index contributed by atoms with van der Waals surface area (Å²) in [6.07, 6.45) is 0. The molecule has 0 spiro atoms. The van der Waals surface area contributed by atoms with Crippen LogP contribution in [0.25, 0.3) is 0 Å². The van der Waals surface area contributed by atoms with E-state index in [4.69, 9.17) is 4.74 Å². The average Bonchev–Trinajstić information content (AvgIpc) is 2.47. The first-order valence-electron chi connectivity index (χ1n) is 5.96. The lowest BCUT2D eigenvalue weighted by molar-refractivity contribution is -0.385. The second-order valence-corrected chi connectivity index (χ2v) is 5.69. The van der Waals surface area contributed by atoms with Gasteiger partial charge in [0.05, 0.1) is 34.7 Å². The van der Waals surface area contributed by atoms with Crippen LogP contribution in [0.5, 0.6) is 5.75 Å². The number of halogens is 1. The van der Waals surface area contributed by atoms with Crippen LogP contribution in [0.3, 0.4) is 0 Å². The molecule has 0 heterocycles. The fourth-order valence-electron chi connectivity index (χ4n) is 1.77. The van der Waals surface area contributed by atoms with Crippen molar-refractivity contribution in [2.45, 2.75) is 10.6 Å². The predicted molar refractivity (Wildman–Crippen MR) is 76.2 cm³/mol. The number of methoxy groups -OCH3 is 1. The van der Waals surface area contributed by atoms with Crippen LogP contribution in [0.2, 0.25) is 0 Å². The number of ether oxygens (including phenoxy) is 1. The first-order valence-corrected chi connectivity index (χ1v) is 7.28. The quantitative estimate of drug-likeness (QED) is 0.629. The maximum absolute atomic E-state index is 12.8. The average molecular weight is 309 g/mol. The second kappa shape index (κ2) is 6.45. The minimum absolute atomic E-state index is 0.0870. The van der Waals surface area contributed by atoms with E-state index in [0.717, 1.165) is 0 Å². The summed E-state index contributed by atoms with van der Waals surface area (Å²) >= 11 is 0. The summed E-state index contributed by atoms with van der Waals surface area (Å²) in [6.45, 7) is 0. The molecule has 2 rings (SSSR count). The Morgan fingerprint density at radius 2 is 1.90 bits per heavy atom. The molecular formula is C14H12FNO4S. The van der Waals surface area contributed by atoms with E-state index < -0.39 is 21.5 Å². The highest BCUT2D eigenvalue weighted by molar-refractivity contribution is 7.84. The molecule has 0 bridgehead atoms. The third kappa shape index (κ3) is 3.85. The van der Waals surface area contributed by atoms with Gasteiger partial charge >= 0.3 is 0 Å². The van der Waals surface area contributed by atoms with Gasteiger partial charge in [0.1, 0.15) is 11.6 Å². The Hall–Kier alpha value is -2.28. The van der Waals surface area contributed by atoms with Gasteiger partial charge in [-0.3, -0.25) is 14.3 Å². The van der Waals surface area contributed by atoms with Gasteiger partial charge in [-0.2, -0.15) is 0 Å². The Balaban J connectivity index is 2.26. The van der Waals surface area contributed by atoms with Crippen LogP contribution in [0.15, 0.2) is 47.4 Å². The summed E-state index contributed by atoms with van der Waals surface area (Å²) in [5.74, 6) is 0.00649. The van der Waals surface area contributed by atoms with Crippen LogP contribution in [0.4, 0.5) is 10.1 Å². The number of non-ortho nitro benzene ring substituents is 1. The van der Waals surface area contributed by atoms with Crippen molar-refractivity contribution in [1.29, 1.82) is 0 Å².